The van der Waals surface area contributed by atoms with Gasteiger partial charge in [-0.1, -0.05) is 0 Å². The van der Waals surface area contributed by atoms with Gasteiger partial charge < -0.3 is 20.5 Å². The lowest BCUT2D eigenvalue weighted by Gasteiger charge is -2.23. The molecule has 5 rings (SSSR count). The number of carbonyl (C=O) groups excluding carboxylic acids is 1. The Hall–Kier alpha value is -2.80. The molecule has 2 saturated carbocycles. The van der Waals surface area contributed by atoms with E-state index >= 15 is 0 Å². The Bertz CT molecular complexity index is 1220. The molecular weight excluding hydrogens is 390 g/mol. The van der Waals surface area contributed by atoms with Crippen LogP contribution in [0.4, 0.5) is 5.82 Å². The van der Waals surface area contributed by atoms with Crippen LogP contribution in [0.5, 0.6) is 0 Å². The van der Waals surface area contributed by atoms with Crippen molar-refractivity contribution in [1.29, 1.82) is 0 Å². The zero-order valence-corrected chi connectivity index (χ0v) is 16.6. The molecule has 0 spiro atoms. The number of rotatable bonds is 2. The molecule has 3 aromatic rings. The molecule has 0 aliphatic heterocycles. The maximum absolute atomic E-state index is 12.1. The van der Waals surface area contributed by atoms with Gasteiger partial charge in [0.2, 0.25) is 5.82 Å². The minimum atomic E-state index is -1.10. The molecule has 0 amide bonds. The SMILES string of the molecule is CC(=O)[C@]12CC1[C@@H](n1cnc3c(N)nc(C#Cc4ccc(C)s4)nc31)[C@H](O)C2O. The van der Waals surface area contributed by atoms with Gasteiger partial charge in [0.15, 0.2) is 11.5 Å². The number of fused-ring (bicyclic) bond motifs is 2. The van der Waals surface area contributed by atoms with Crippen LogP contribution in [0.25, 0.3) is 11.2 Å². The number of hydrogen-bond donors (Lipinski definition) is 3. The Morgan fingerprint density at radius 3 is 2.79 bits per heavy atom. The summed E-state index contributed by atoms with van der Waals surface area (Å²) in [7, 11) is 0. The van der Waals surface area contributed by atoms with Gasteiger partial charge in [0.1, 0.15) is 17.4 Å². The third kappa shape index (κ3) is 2.53. The smallest absolute Gasteiger partial charge is 0.209 e. The van der Waals surface area contributed by atoms with Crippen LogP contribution in [0.15, 0.2) is 18.5 Å². The van der Waals surface area contributed by atoms with E-state index in [9.17, 15) is 15.0 Å². The van der Waals surface area contributed by atoms with E-state index in [2.05, 4.69) is 26.8 Å². The van der Waals surface area contributed by atoms with E-state index in [1.165, 1.54) is 13.3 Å². The van der Waals surface area contributed by atoms with Crippen LogP contribution >= 0.6 is 11.3 Å². The fraction of sp³-hybridized carbons (Fsp3) is 0.400. The van der Waals surface area contributed by atoms with Crippen molar-refractivity contribution in [3.8, 4) is 11.8 Å². The van der Waals surface area contributed by atoms with E-state index in [0.29, 0.717) is 17.6 Å². The van der Waals surface area contributed by atoms with E-state index in [-0.39, 0.29) is 23.3 Å². The lowest BCUT2D eigenvalue weighted by Crippen LogP contribution is -2.36. The average Bonchev–Trinajstić information content (AvgIpc) is 2.93. The first kappa shape index (κ1) is 18.2. The first-order chi connectivity index (χ1) is 13.8. The van der Waals surface area contributed by atoms with Gasteiger partial charge in [-0.15, -0.1) is 11.3 Å². The van der Waals surface area contributed by atoms with Gasteiger partial charge in [-0.25, -0.2) is 15.0 Å². The zero-order chi connectivity index (χ0) is 20.5. The molecular formula is C20H19N5O3S. The summed E-state index contributed by atoms with van der Waals surface area (Å²) in [4.78, 5) is 27.2. The number of aryl methyl sites for hydroxylation is 1. The highest BCUT2D eigenvalue weighted by atomic mass is 32.1. The number of thiophene rings is 1. The van der Waals surface area contributed by atoms with Crippen LogP contribution < -0.4 is 5.73 Å². The predicted octanol–water partition coefficient (Wildman–Crippen LogP) is 1.05. The summed E-state index contributed by atoms with van der Waals surface area (Å²) in [6, 6.07) is 3.42. The second kappa shape index (κ2) is 6.10. The number of aliphatic hydroxyl groups is 2. The highest BCUT2D eigenvalue weighted by Gasteiger charge is 2.74. The maximum atomic E-state index is 12.1. The molecule has 0 radical (unpaired) electrons. The normalized spacial score (nSPS) is 30.1. The van der Waals surface area contributed by atoms with Crippen LogP contribution in [0.2, 0.25) is 0 Å². The molecule has 5 atom stereocenters. The highest BCUT2D eigenvalue weighted by Crippen LogP contribution is 2.68. The van der Waals surface area contributed by atoms with Gasteiger partial charge in [0.05, 0.1) is 28.8 Å². The van der Waals surface area contributed by atoms with Crippen molar-refractivity contribution in [2.24, 2.45) is 11.3 Å². The largest absolute Gasteiger partial charge is 0.389 e. The standard InChI is InChI=1S/C20H19N5O3S/c1-9-3-4-11(29-9)5-6-13-23-18(21)14-19(24-13)25(8-22-14)15-12-7-20(12,10(2)26)17(28)16(15)27/h3-4,8,12,15-17,27-28H,7H2,1-2H3,(H2,21,23,24)/t12?,15-,16+,17?,20-/m1/s1. The van der Waals surface area contributed by atoms with Gasteiger partial charge in [-0.2, -0.15) is 0 Å². The molecule has 2 aliphatic rings. The van der Waals surface area contributed by atoms with E-state index in [0.717, 1.165) is 9.75 Å². The monoisotopic (exact) mass is 409 g/mol. The van der Waals surface area contributed by atoms with Crippen LogP contribution in [-0.2, 0) is 4.79 Å². The Labute approximate surface area is 170 Å². The number of ketones is 1. The number of anilines is 1. The van der Waals surface area contributed by atoms with Gasteiger partial charge in [0.25, 0.3) is 0 Å². The Kier molecular flexibility index (Phi) is 3.84. The molecule has 2 aliphatic carbocycles. The van der Waals surface area contributed by atoms with Crippen molar-refractivity contribution in [2.75, 3.05) is 5.73 Å². The Morgan fingerprint density at radius 2 is 2.14 bits per heavy atom. The third-order valence-corrected chi connectivity index (χ3v) is 7.05. The number of imidazole rings is 1. The quantitative estimate of drug-likeness (QED) is 0.540. The number of aliphatic hydroxyl groups excluding tert-OH is 2. The predicted molar refractivity (Wildman–Crippen MR) is 107 cm³/mol. The number of Topliss-reactive ketones (excluding diaryl/α,β-unsaturated/α-hetero) is 1. The van der Waals surface area contributed by atoms with E-state index < -0.39 is 23.7 Å². The molecule has 148 valence electrons. The maximum Gasteiger partial charge on any atom is 0.209 e. The van der Waals surface area contributed by atoms with Crippen molar-refractivity contribution in [1.82, 2.24) is 19.5 Å². The molecule has 3 heterocycles. The molecule has 2 unspecified atom stereocenters. The highest BCUT2D eigenvalue weighted by molar-refractivity contribution is 7.12. The molecule has 4 N–H and O–H groups in total. The molecule has 9 heteroatoms. The fourth-order valence-corrected chi connectivity index (χ4v) is 5.32. The summed E-state index contributed by atoms with van der Waals surface area (Å²) in [6.45, 7) is 3.47. The summed E-state index contributed by atoms with van der Waals surface area (Å²) in [5.41, 5.74) is 6.03. The molecule has 8 nitrogen and oxygen atoms in total. The first-order valence-corrected chi connectivity index (χ1v) is 10.1. The van der Waals surface area contributed by atoms with Crippen molar-refractivity contribution >= 4 is 34.1 Å². The third-order valence-electron chi connectivity index (χ3n) is 6.14. The Balaban J connectivity index is 1.57. The molecule has 3 aromatic heterocycles. The van der Waals surface area contributed by atoms with Crippen molar-refractivity contribution in [3.05, 3.63) is 34.0 Å². The van der Waals surface area contributed by atoms with E-state index in [4.69, 9.17) is 5.73 Å². The van der Waals surface area contributed by atoms with Crippen molar-refractivity contribution in [2.45, 2.75) is 38.5 Å². The van der Waals surface area contributed by atoms with Crippen LogP contribution in [0.1, 0.15) is 35.0 Å². The minimum Gasteiger partial charge on any atom is -0.389 e. The van der Waals surface area contributed by atoms with Gasteiger partial charge in [-0.3, -0.25) is 4.79 Å². The summed E-state index contributed by atoms with van der Waals surface area (Å²) >= 11 is 1.58. The lowest BCUT2D eigenvalue weighted by atomic mass is 9.95. The van der Waals surface area contributed by atoms with Crippen LogP contribution in [-0.4, -0.2) is 47.7 Å². The molecule has 2 fully saturated rings. The van der Waals surface area contributed by atoms with Gasteiger partial charge >= 0.3 is 0 Å². The number of nitrogen functional groups attached to an aromatic ring is 1. The van der Waals surface area contributed by atoms with Crippen molar-refractivity contribution < 1.29 is 15.0 Å². The summed E-state index contributed by atoms with van der Waals surface area (Å²) < 4.78 is 1.70. The summed E-state index contributed by atoms with van der Waals surface area (Å²) in [5.74, 6) is 6.15. The van der Waals surface area contributed by atoms with Gasteiger partial charge in [0, 0.05) is 4.88 Å². The second-order valence-electron chi connectivity index (χ2n) is 7.75. The first-order valence-electron chi connectivity index (χ1n) is 9.28. The van der Waals surface area contributed by atoms with E-state index in [1.807, 2.05) is 19.1 Å². The summed E-state index contributed by atoms with van der Waals surface area (Å²) in [6.07, 6.45) is -0.122. The number of nitrogens with zero attached hydrogens (tertiary/aromatic N) is 4. The number of carbonyl (C=O) groups is 1. The molecule has 0 saturated heterocycles. The fourth-order valence-electron chi connectivity index (χ4n) is 4.60. The number of hydrogen-bond acceptors (Lipinski definition) is 8. The minimum absolute atomic E-state index is 0.104. The molecule has 29 heavy (non-hydrogen) atoms. The summed E-state index contributed by atoms with van der Waals surface area (Å²) in [5, 5.41) is 21.2. The zero-order valence-electron chi connectivity index (χ0n) is 15.8. The van der Waals surface area contributed by atoms with Crippen LogP contribution in [0, 0.1) is 30.1 Å². The number of nitrogens with two attached hydrogens (primary N) is 1. The lowest BCUT2D eigenvalue weighted by molar-refractivity contribution is -0.128. The number of aromatic nitrogens is 4. The molecule has 0 aromatic carbocycles. The molecule has 0 bridgehead atoms. The van der Waals surface area contributed by atoms with E-state index in [1.54, 1.807) is 15.9 Å². The van der Waals surface area contributed by atoms with Crippen molar-refractivity contribution in [3.63, 3.8) is 0 Å². The second-order valence-corrected chi connectivity index (χ2v) is 9.04. The average molecular weight is 409 g/mol. The topological polar surface area (TPSA) is 127 Å². The Morgan fingerprint density at radius 1 is 1.34 bits per heavy atom. The van der Waals surface area contributed by atoms with Crippen LogP contribution in [0.3, 0.4) is 0 Å². The van der Waals surface area contributed by atoms with Gasteiger partial charge in [-0.05, 0) is 50.2 Å².